The fraction of sp³-hybridized carbons (Fsp3) is 0.143. The molecule has 0 unspecified atom stereocenters. The Kier molecular flexibility index (Phi) is 4.57. The van der Waals surface area contributed by atoms with Crippen LogP contribution >= 0.6 is 11.3 Å². The first-order valence-corrected chi connectivity index (χ1v) is 6.76. The van der Waals surface area contributed by atoms with Gasteiger partial charge >= 0.3 is 0 Å². The molecule has 6 heteroatoms. The predicted octanol–water partition coefficient (Wildman–Crippen LogP) is 3.63. The maximum atomic E-state index is 13.3. The number of rotatable bonds is 5. The van der Waals surface area contributed by atoms with Gasteiger partial charge in [-0.15, -0.1) is 11.3 Å². The maximum absolute atomic E-state index is 13.3. The summed E-state index contributed by atoms with van der Waals surface area (Å²) in [5, 5.41) is 3.91. The smallest absolute Gasteiger partial charge is 0.224 e. The summed E-state index contributed by atoms with van der Waals surface area (Å²) in [6, 6.07) is 6.72. The highest BCUT2D eigenvalue weighted by Crippen LogP contribution is 2.18. The van der Waals surface area contributed by atoms with Gasteiger partial charge in [-0.2, -0.15) is 0 Å². The van der Waals surface area contributed by atoms with Crippen molar-refractivity contribution >= 4 is 28.7 Å². The number of para-hydroxylation sites is 1. The second-order valence-corrected chi connectivity index (χ2v) is 4.99. The van der Waals surface area contributed by atoms with Gasteiger partial charge in [-0.25, -0.2) is 8.78 Å². The zero-order chi connectivity index (χ0) is 14.5. The minimum absolute atomic E-state index is 0.00240. The van der Waals surface area contributed by atoms with Crippen LogP contribution < -0.4 is 5.32 Å². The Morgan fingerprint density at radius 1 is 1.05 bits per heavy atom. The molecule has 0 spiro atoms. The highest BCUT2D eigenvalue weighted by Gasteiger charge is 2.14. The van der Waals surface area contributed by atoms with Crippen LogP contribution in [0, 0.1) is 11.6 Å². The second kappa shape index (κ2) is 6.38. The van der Waals surface area contributed by atoms with Gasteiger partial charge in [0.1, 0.15) is 17.3 Å². The fourth-order valence-electron chi connectivity index (χ4n) is 1.61. The van der Waals surface area contributed by atoms with Gasteiger partial charge in [0, 0.05) is 12.8 Å². The Labute approximate surface area is 118 Å². The summed E-state index contributed by atoms with van der Waals surface area (Å²) in [5.74, 6) is -2.45. The molecule has 104 valence electrons. The first kappa shape index (κ1) is 14.3. The van der Waals surface area contributed by atoms with Crippen molar-refractivity contribution in [3.8, 4) is 0 Å². The quantitative estimate of drug-likeness (QED) is 0.856. The van der Waals surface area contributed by atoms with Crippen molar-refractivity contribution in [1.29, 1.82) is 0 Å². The second-order valence-electron chi connectivity index (χ2n) is 4.05. The molecule has 0 saturated carbocycles. The van der Waals surface area contributed by atoms with E-state index in [1.807, 2.05) is 0 Å². The molecule has 0 radical (unpaired) electrons. The Morgan fingerprint density at radius 3 is 2.35 bits per heavy atom. The molecule has 0 saturated heterocycles. The summed E-state index contributed by atoms with van der Waals surface area (Å²) in [4.78, 5) is 23.8. The molecule has 1 aromatic carbocycles. The zero-order valence-electron chi connectivity index (χ0n) is 10.4. The van der Waals surface area contributed by atoms with Crippen molar-refractivity contribution in [1.82, 2.24) is 0 Å². The Morgan fingerprint density at radius 2 is 1.75 bits per heavy atom. The molecule has 0 aliphatic heterocycles. The van der Waals surface area contributed by atoms with E-state index >= 15 is 0 Å². The average molecular weight is 295 g/mol. The highest BCUT2D eigenvalue weighted by atomic mass is 32.1. The van der Waals surface area contributed by atoms with Crippen molar-refractivity contribution in [2.75, 3.05) is 5.32 Å². The van der Waals surface area contributed by atoms with Crippen molar-refractivity contribution < 1.29 is 18.4 Å². The summed E-state index contributed by atoms with van der Waals surface area (Å²) in [6.07, 6.45) is -0.118. The molecular formula is C14H11F2NO2S. The molecule has 2 aromatic rings. The number of nitrogens with one attached hydrogen (secondary N) is 1. The number of halogens is 2. The monoisotopic (exact) mass is 295 g/mol. The normalized spacial score (nSPS) is 10.3. The van der Waals surface area contributed by atoms with Gasteiger partial charge in [0.25, 0.3) is 0 Å². The number of amides is 1. The number of hydrogen-bond acceptors (Lipinski definition) is 3. The first-order valence-electron chi connectivity index (χ1n) is 5.88. The van der Waals surface area contributed by atoms with Gasteiger partial charge in [-0.05, 0) is 23.6 Å². The van der Waals surface area contributed by atoms with E-state index in [9.17, 15) is 18.4 Å². The lowest BCUT2D eigenvalue weighted by Crippen LogP contribution is -2.15. The number of thiophene rings is 1. The molecule has 2 rings (SSSR count). The lowest BCUT2D eigenvalue weighted by atomic mass is 10.2. The van der Waals surface area contributed by atoms with Gasteiger partial charge in [0.2, 0.25) is 5.91 Å². The molecule has 20 heavy (non-hydrogen) atoms. The number of benzene rings is 1. The standard InChI is InChI=1S/C14H11F2NO2S/c15-9-3-1-4-10(16)14(9)17-13(19)7-6-11(18)12-5-2-8-20-12/h1-5,8H,6-7H2,(H,17,19). The number of anilines is 1. The third-order valence-corrected chi connectivity index (χ3v) is 3.51. The van der Waals surface area contributed by atoms with E-state index in [1.54, 1.807) is 17.5 Å². The molecule has 1 aromatic heterocycles. The average Bonchev–Trinajstić information content (AvgIpc) is 2.94. The number of hydrogen-bond donors (Lipinski definition) is 1. The summed E-state index contributed by atoms with van der Waals surface area (Å²) >= 11 is 1.29. The molecule has 3 nitrogen and oxygen atoms in total. The van der Waals surface area contributed by atoms with Crippen LogP contribution in [0.5, 0.6) is 0 Å². The predicted molar refractivity (Wildman–Crippen MR) is 72.9 cm³/mol. The minimum Gasteiger partial charge on any atom is -0.321 e. The molecule has 1 N–H and O–H groups in total. The molecule has 1 amide bonds. The van der Waals surface area contributed by atoms with Crippen molar-refractivity contribution in [2.45, 2.75) is 12.8 Å². The van der Waals surface area contributed by atoms with Crippen LogP contribution in [0.1, 0.15) is 22.5 Å². The summed E-state index contributed by atoms with van der Waals surface area (Å²) in [7, 11) is 0. The first-order chi connectivity index (χ1) is 9.58. The van der Waals surface area contributed by atoms with Gasteiger partial charge in [-0.1, -0.05) is 12.1 Å². The Hall–Kier alpha value is -2.08. The minimum atomic E-state index is -0.845. The fourth-order valence-corrected chi connectivity index (χ4v) is 2.30. The topological polar surface area (TPSA) is 46.2 Å². The molecule has 0 aliphatic rings. The molecule has 1 heterocycles. The van der Waals surface area contributed by atoms with Gasteiger partial charge in [0.05, 0.1) is 4.88 Å². The van der Waals surface area contributed by atoms with E-state index in [0.29, 0.717) is 4.88 Å². The number of Topliss-reactive ketones (excluding diaryl/α,β-unsaturated/α-hetero) is 1. The van der Waals surface area contributed by atoms with Gasteiger partial charge in [-0.3, -0.25) is 9.59 Å². The Bertz CT molecular complexity index is 606. The van der Waals surface area contributed by atoms with Crippen molar-refractivity contribution in [2.24, 2.45) is 0 Å². The van der Waals surface area contributed by atoms with E-state index < -0.39 is 23.2 Å². The summed E-state index contributed by atoms with van der Waals surface area (Å²) in [6.45, 7) is 0. The van der Waals surface area contributed by atoms with Crippen LogP contribution in [0.3, 0.4) is 0 Å². The highest BCUT2D eigenvalue weighted by molar-refractivity contribution is 7.12. The number of carbonyl (C=O) groups is 2. The third kappa shape index (κ3) is 3.48. The van der Waals surface area contributed by atoms with E-state index in [4.69, 9.17) is 0 Å². The zero-order valence-corrected chi connectivity index (χ0v) is 11.2. The van der Waals surface area contributed by atoms with Crippen LogP contribution in [0.15, 0.2) is 35.7 Å². The van der Waals surface area contributed by atoms with E-state index in [0.717, 1.165) is 12.1 Å². The molecule has 0 bridgehead atoms. The lowest BCUT2D eigenvalue weighted by molar-refractivity contribution is -0.116. The van der Waals surface area contributed by atoms with Crippen LogP contribution in [0.2, 0.25) is 0 Å². The van der Waals surface area contributed by atoms with E-state index in [-0.39, 0.29) is 18.6 Å². The molecule has 0 atom stereocenters. The van der Waals surface area contributed by atoms with Crippen LogP contribution in [-0.2, 0) is 4.79 Å². The summed E-state index contributed by atoms with van der Waals surface area (Å²) < 4.78 is 26.6. The summed E-state index contributed by atoms with van der Waals surface area (Å²) in [5.41, 5.74) is -0.485. The Balaban J connectivity index is 1.92. The number of ketones is 1. The lowest BCUT2D eigenvalue weighted by Gasteiger charge is -2.06. The molecule has 0 aliphatic carbocycles. The number of carbonyl (C=O) groups excluding carboxylic acids is 2. The van der Waals surface area contributed by atoms with Gasteiger partial charge < -0.3 is 5.32 Å². The van der Waals surface area contributed by atoms with Crippen LogP contribution in [-0.4, -0.2) is 11.7 Å². The van der Waals surface area contributed by atoms with Crippen molar-refractivity contribution in [3.63, 3.8) is 0 Å². The molecular weight excluding hydrogens is 284 g/mol. The molecule has 0 fully saturated rings. The largest absolute Gasteiger partial charge is 0.321 e. The van der Waals surface area contributed by atoms with E-state index in [1.165, 1.54) is 17.4 Å². The third-order valence-electron chi connectivity index (χ3n) is 2.60. The van der Waals surface area contributed by atoms with Crippen molar-refractivity contribution in [3.05, 3.63) is 52.2 Å². The van der Waals surface area contributed by atoms with Crippen LogP contribution in [0.4, 0.5) is 14.5 Å². The van der Waals surface area contributed by atoms with Crippen LogP contribution in [0.25, 0.3) is 0 Å². The van der Waals surface area contributed by atoms with Gasteiger partial charge in [0.15, 0.2) is 5.78 Å². The SMILES string of the molecule is O=C(CCC(=O)c1cccs1)Nc1c(F)cccc1F. The van der Waals surface area contributed by atoms with E-state index in [2.05, 4.69) is 5.32 Å². The maximum Gasteiger partial charge on any atom is 0.224 e.